The monoisotopic (exact) mass is 329 g/mol. The van der Waals surface area contributed by atoms with Gasteiger partial charge in [-0.3, -0.25) is 9.78 Å². The lowest BCUT2D eigenvalue weighted by Crippen LogP contribution is -2.31. The molecular formula is C17H19N3O2S. The first-order valence-corrected chi connectivity index (χ1v) is 8.59. The number of aliphatic hydroxyl groups excluding tert-OH is 1. The lowest BCUT2D eigenvalue weighted by molar-refractivity contribution is -0.127. The summed E-state index contributed by atoms with van der Waals surface area (Å²) in [6.45, 7) is 1.02. The molecule has 0 saturated carbocycles. The van der Waals surface area contributed by atoms with Crippen LogP contribution in [0.1, 0.15) is 5.56 Å². The van der Waals surface area contributed by atoms with Crippen LogP contribution < -0.4 is 0 Å². The fraction of sp³-hybridized carbons (Fsp3) is 0.353. The van der Waals surface area contributed by atoms with Gasteiger partial charge in [0.25, 0.3) is 0 Å². The number of β-amino-alcohol motifs (C(OH)–C–C–N with tert-alkyl or cyclic N) is 1. The van der Waals surface area contributed by atoms with E-state index in [0.717, 1.165) is 17.0 Å². The Morgan fingerprint density at radius 2 is 2.04 bits per heavy atom. The van der Waals surface area contributed by atoms with Crippen molar-refractivity contribution in [2.24, 2.45) is 5.92 Å². The number of thioether (sulfide) groups is 1. The molecule has 0 bridgehead atoms. The van der Waals surface area contributed by atoms with Gasteiger partial charge in [0.2, 0.25) is 5.91 Å². The Labute approximate surface area is 139 Å². The Bertz CT molecular complexity index is 639. The van der Waals surface area contributed by atoms with Gasteiger partial charge in [-0.15, -0.1) is 0 Å². The van der Waals surface area contributed by atoms with Gasteiger partial charge in [-0.05, 0) is 36.2 Å². The molecule has 2 aromatic heterocycles. The number of carbonyl (C=O) groups is 1. The molecule has 2 atom stereocenters. The largest absolute Gasteiger partial charge is 0.391 e. The molecule has 1 amide bonds. The topological polar surface area (TPSA) is 66.3 Å². The number of carbonyl (C=O) groups excluding carboxylic acids is 1. The normalized spacial score (nSPS) is 20.7. The van der Waals surface area contributed by atoms with Crippen molar-refractivity contribution in [3.05, 3.63) is 54.5 Å². The maximum absolute atomic E-state index is 12.3. The number of hydrogen-bond acceptors (Lipinski definition) is 5. The summed E-state index contributed by atoms with van der Waals surface area (Å²) in [5, 5.41) is 11.1. The molecule has 0 radical (unpaired) electrons. The van der Waals surface area contributed by atoms with Crippen LogP contribution in [0, 0.1) is 5.92 Å². The van der Waals surface area contributed by atoms with Crippen LogP contribution >= 0.6 is 11.8 Å². The molecule has 0 aromatic carbocycles. The van der Waals surface area contributed by atoms with Gasteiger partial charge in [-0.25, -0.2) is 4.98 Å². The summed E-state index contributed by atoms with van der Waals surface area (Å²) in [6.07, 6.45) is 5.52. The third-order valence-corrected chi connectivity index (χ3v) is 4.92. The van der Waals surface area contributed by atoms with Crippen LogP contribution in [0.5, 0.6) is 0 Å². The molecular weight excluding hydrogens is 310 g/mol. The minimum absolute atomic E-state index is 0.0527. The number of aliphatic hydroxyl groups is 1. The van der Waals surface area contributed by atoms with Crippen molar-refractivity contribution in [1.82, 2.24) is 14.9 Å². The molecule has 1 N–H and O–H groups in total. The maximum Gasteiger partial charge on any atom is 0.233 e. The van der Waals surface area contributed by atoms with Crippen LogP contribution in [0.25, 0.3) is 0 Å². The number of aromatic nitrogens is 2. The first kappa shape index (κ1) is 16.0. The van der Waals surface area contributed by atoms with Crippen molar-refractivity contribution in [2.45, 2.75) is 17.6 Å². The zero-order valence-electron chi connectivity index (χ0n) is 12.7. The fourth-order valence-electron chi connectivity index (χ4n) is 2.74. The van der Waals surface area contributed by atoms with E-state index in [1.54, 1.807) is 23.5 Å². The summed E-state index contributed by atoms with van der Waals surface area (Å²) in [7, 11) is 0. The molecule has 1 fully saturated rings. The van der Waals surface area contributed by atoms with Crippen molar-refractivity contribution in [2.75, 3.05) is 18.8 Å². The highest BCUT2D eigenvalue weighted by atomic mass is 32.2. The number of nitrogens with zero attached hydrogens (tertiary/aromatic N) is 3. The second-order valence-electron chi connectivity index (χ2n) is 5.64. The molecule has 6 heteroatoms. The highest BCUT2D eigenvalue weighted by Gasteiger charge is 2.33. The van der Waals surface area contributed by atoms with Gasteiger partial charge >= 0.3 is 0 Å². The average Bonchev–Trinajstić information content (AvgIpc) is 2.95. The minimum Gasteiger partial charge on any atom is -0.391 e. The Hall–Kier alpha value is -1.92. The first-order chi connectivity index (χ1) is 11.2. The quantitative estimate of drug-likeness (QED) is 0.845. The van der Waals surface area contributed by atoms with E-state index in [9.17, 15) is 9.90 Å². The molecule has 23 heavy (non-hydrogen) atoms. The molecule has 0 spiro atoms. The van der Waals surface area contributed by atoms with E-state index in [4.69, 9.17) is 0 Å². The predicted octanol–water partition coefficient (Wildman–Crippen LogP) is 1.63. The van der Waals surface area contributed by atoms with Crippen molar-refractivity contribution in [3.63, 3.8) is 0 Å². The molecule has 3 rings (SSSR count). The second kappa shape index (κ2) is 7.57. The SMILES string of the molecule is O=C(CSc1ccccn1)N1C[C@@H](Cc2ccncc2)[C@@H](O)C1. The first-order valence-electron chi connectivity index (χ1n) is 7.61. The standard InChI is InChI=1S/C17H19N3O2S/c21-15-11-20(10-14(15)9-13-4-7-18-8-5-13)17(22)12-23-16-3-1-2-6-19-16/h1-8,14-15,21H,9-12H2/t14-,15+/m1/s1. The van der Waals surface area contributed by atoms with Crippen LogP contribution in [-0.2, 0) is 11.2 Å². The van der Waals surface area contributed by atoms with Crippen LogP contribution in [0.2, 0.25) is 0 Å². The van der Waals surface area contributed by atoms with E-state index in [1.165, 1.54) is 11.8 Å². The molecule has 1 aliphatic heterocycles. The number of rotatable bonds is 5. The zero-order valence-corrected chi connectivity index (χ0v) is 13.5. The Balaban J connectivity index is 1.52. The van der Waals surface area contributed by atoms with Crippen molar-refractivity contribution >= 4 is 17.7 Å². The summed E-state index contributed by atoms with van der Waals surface area (Å²) in [5.74, 6) is 0.490. The van der Waals surface area contributed by atoms with Crippen LogP contribution in [0.15, 0.2) is 53.9 Å². The van der Waals surface area contributed by atoms with E-state index in [-0.39, 0.29) is 11.8 Å². The number of hydrogen-bond donors (Lipinski definition) is 1. The molecule has 5 nitrogen and oxygen atoms in total. The lowest BCUT2D eigenvalue weighted by atomic mass is 9.97. The van der Waals surface area contributed by atoms with Gasteiger partial charge in [0, 0.05) is 37.6 Å². The Kier molecular flexibility index (Phi) is 5.25. The molecule has 0 unspecified atom stereocenters. The highest BCUT2D eigenvalue weighted by molar-refractivity contribution is 7.99. The zero-order chi connectivity index (χ0) is 16.1. The molecule has 1 saturated heterocycles. The van der Waals surface area contributed by atoms with Crippen LogP contribution in [0.3, 0.4) is 0 Å². The average molecular weight is 329 g/mol. The van der Waals surface area contributed by atoms with Gasteiger partial charge in [-0.1, -0.05) is 17.8 Å². The van der Waals surface area contributed by atoms with E-state index >= 15 is 0 Å². The highest BCUT2D eigenvalue weighted by Crippen LogP contribution is 2.23. The third kappa shape index (κ3) is 4.30. The molecule has 0 aliphatic carbocycles. The van der Waals surface area contributed by atoms with Crippen LogP contribution in [0.4, 0.5) is 0 Å². The number of likely N-dealkylation sites (tertiary alicyclic amines) is 1. The van der Waals surface area contributed by atoms with Crippen molar-refractivity contribution in [3.8, 4) is 0 Å². The van der Waals surface area contributed by atoms with E-state index in [0.29, 0.717) is 18.8 Å². The summed E-state index contributed by atoms with van der Waals surface area (Å²) in [5.41, 5.74) is 1.14. The van der Waals surface area contributed by atoms with Gasteiger partial charge in [0.15, 0.2) is 0 Å². The summed E-state index contributed by atoms with van der Waals surface area (Å²) < 4.78 is 0. The van der Waals surface area contributed by atoms with E-state index in [2.05, 4.69) is 9.97 Å². The summed E-state index contributed by atoms with van der Waals surface area (Å²) >= 11 is 1.43. The van der Waals surface area contributed by atoms with Crippen LogP contribution in [-0.4, -0.2) is 50.8 Å². The number of amides is 1. The van der Waals surface area contributed by atoms with E-state index < -0.39 is 6.10 Å². The summed E-state index contributed by atoms with van der Waals surface area (Å²) in [4.78, 5) is 22.3. The molecule has 3 heterocycles. The maximum atomic E-state index is 12.3. The predicted molar refractivity (Wildman–Crippen MR) is 89.0 cm³/mol. The van der Waals surface area contributed by atoms with Crippen molar-refractivity contribution < 1.29 is 9.90 Å². The Morgan fingerprint density at radius 1 is 1.22 bits per heavy atom. The third-order valence-electron chi connectivity index (χ3n) is 3.99. The molecule has 120 valence electrons. The van der Waals surface area contributed by atoms with Gasteiger partial charge in [-0.2, -0.15) is 0 Å². The molecule has 2 aromatic rings. The molecule has 1 aliphatic rings. The fourth-order valence-corrected chi connectivity index (χ4v) is 3.50. The minimum atomic E-state index is -0.466. The second-order valence-corrected chi connectivity index (χ2v) is 6.64. The Morgan fingerprint density at radius 3 is 2.78 bits per heavy atom. The van der Waals surface area contributed by atoms with Crippen molar-refractivity contribution in [1.29, 1.82) is 0 Å². The van der Waals surface area contributed by atoms with E-state index in [1.807, 2.05) is 30.3 Å². The van der Waals surface area contributed by atoms with Gasteiger partial charge < -0.3 is 10.0 Å². The van der Waals surface area contributed by atoms with Gasteiger partial charge in [0.05, 0.1) is 16.9 Å². The number of pyridine rings is 2. The lowest BCUT2D eigenvalue weighted by Gasteiger charge is -2.15. The summed E-state index contributed by atoms with van der Waals surface area (Å²) in [6, 6.07) is 9.56. The smallest absolute Gasteiger partial charge is 0.233 e. The van der Waals surface area contributed by atoms with Gasteiger partial charge in [0.1, 0.15) is 0 Å².